The molecule has 0 aromatic carbocycles. The van der Waals surface area contributed by atoms with Crippen molar-refractivity contribution in [1.29, 1.82) is 0 Å². The second kappa shape index (κ2) is 10.6. The van der Waals surface area contributed by atoms with Crippen molar-refractivity contribution in [3.63, 3.8) is 0 Å². The molecule has 0 radical (unpaired) electrons. The zero-order valence-electron chi connectivity index (χ0n) is 5.39. The van der Waals surface area contributed by atoms with Gasteiger partial charge in [0.2, 0.25) is 0 Å². The molecule has 0 saturated carbocycles. The molecule has 3 N–H and O–H groups in total. The van der Waals surface area contributed by atoms with E-state index in [1.54, 1.807) is 10.8 Å². The fourth-order valence-electron chi connectivity index (χ4n) is 0.417. The van der Waals surface area contributed by atoms with Gasteiger partial charge in [-0.05, 0) is 6.42 Å². The molecule has 0 aromatic heterocycles. The first-order chi connectivity index (χ1) is 3.41. The van der Waals surface area contributed by atoms with E-state index in [2.05, 4.69) is 18.6 Å². The summed E-state index contributed by atoms with van der Waals surface area (Å²) in [6.07, 6.45) is 3.99. The van der Waals surface area contributed by atoms with Gasteiger partial charge in [-0.2, -0.15) is 0 Å². The molecule has 0 bridgehead atoms. The number of hydrogen-bond acceptors (Lipinski definition) is 3. The van der Waals surface area contributed by atoms with Crippen LogP contribution < -0.4 is 6.15 Å². The van der Waals surface area contributed by atoms with Crippen molar-refractivity contribution in [2.45, 2.75) is 26.2 Å². The Morgan fingerprint density at radius 3 is 2.38 bits per heavy atom. The van der Waals surface area contributed by atoms with Crippen molar-refractivity contribution < 1.29 is 0 Å². The molecule has 52 valence electrons. The first kappa shape index (κ1) is 11.5. The summed E-state index contributed by atoms with van der Waals surface area (Å²) in [5.41, 5.74) is 0. The summed E-state index contributed by atoms with van der Waals surface area (Å²) in [6.45, 7) is 2.21. The lowest BCUT2D eigenvalue weighted by Crippen LogP contribution is -1.73. The molecule has 0 saturated heterocycles. The second-order valence-electron chi connectivity index (χ2n) is 1.54. The van der Waals surface area contributed by atoms with Crippen LogP contribution in [0.1, 0.15) is 26.2 Å². The molecule has 0 heterocycles. The second-order valence-corrected chi connectivity index (χ2v) is 2.98. The molecule has 0 spiro atoms. The van der Waals surface area contributed by atoms with Crippen molar-refractivity contribution in [2.75, 3.05) is 5.75 Å². The maximum absolute atomic E-state index is 4.01. The maximum Gasteiger partial charge on any atom is 0.00344 e. The average Bonchev–Trinajstić information content (AvgIpc) is 1.69. The van der Waals surface area contributed by atoms with Crippen molar-refractivity contribution in [2.24, 2.45) is 0 Å². The van der Waals surface area contributed by atoms with E-state index in [9.17, 15) is 0 Å². The predicted molar refractivity (Wildman–Crippen MR) is 46.0 cm³/mol. The van der Waals surface area contributed by atoms with Crippen LogP contribution in [0.4, 0.5) is 0 Å². The normalized spacial score (nSPS) is 8.25. The quantitative estimate of drug-likeness (QED) is 0.370. The summed E-state index contributed by atoms with van der Waals surface area (Å²) < 4.78 is 0. The molecule has 0 atom stereocenters. The van der Waals surface area contributed by atoms with Gasteiger partial charge in [0.25, 0.3) is 0 Å². The molecular formula is C5H15NS2. The minimum Gasteiger partial charge on any atom is -0.344 e. The van der Waals surface area contributed by atoms with Crippen molar-refractivity contribution in [3.8, 4) is 0 Å². The Morgan fingerprint density at radius 2 is 2.00 bits per heavy atom. The molecule has 0 unspecified atom stereocenters. The van der Waals surface area contributed by atoms with E-state index in [1.807, 2.05) is 0 Å². The minimum absolute atomic E-state index is 0. The maximum atomic E-state index is 4.01. The summed E-state index contributed by atoms with van der Waals surface area (Å²) in [5, 5.41) is 0. The third kappa shape index (κ3) is 9.83. The zero-order valence-corrected chi connectivity index (χ0v) is 7.10. The van der Waals surface area contributed by atoms with Gasteiger partial charge in [0, 0.05) is 5.75 Å². The van der Waals surface area contributed by atoms with Crippen LogP contribution in [0.5, 0.6) is 0 Å². The molecule has 0 rings (SSSR count). The lowest BCUT2D eigenvalue weighted by Gasteiger charge is -1.89. The molecular weight excluding hydrogens is 138 g/mol. The van der Waals surface area contributed by atoms with Gasteiger partial charge in [-0.3, -0.25) is 0 Å². The molecule has 0 aliphatic carbocycles. The van der Waals surface area contributed by atoms with Gasteiger partial charge in [-0.25, -0.2) is 0 Å². The number of unbranched alkanes of at least 4 members (excludes halogenated alkanes) is 2. The smallest absolute Gasteiger partial charge is 0.00344 e. The lowest BCUT2D eigenvalue weighted by atomic mass is 10.3. The van der Waals surface area contributed by atoms with E-state index in [0.717, 1.165) is 0 Å². The van der Waals surface area contributed by atoms with Gasteiger partial charge in [-0.1, -0.05) is 30.6 Å². The minimum atomic E-state index is 0. The molecule has 1 nitrogen and oxygen atoms in total. The Hall–Kier alpha value is 0.660. The largest absolute Gasteiger partial charge is 0.344 e. The third-order valence-electron chi connectivity index (χ3n) is 0.839. The summed E-state index contributed by atoms with van der Waals surface area (Å²) in [4.78, 5) is 0. The number of hydrogen-bond donors (Lipinski definition) is 2. The van der Waals surface area contributed by atoms with Gasteiger partial charge >= 0.3 is 0 Å². The van der Waals surface area contributed by atoms with Crippen molar-refractivity contribution >= 4 is 22.5 Å². The number of rotatable bonds is 4. The van der Waals surface area contributed by atoms with Crippen molar-refractivity contribution in [3.05, 3.63) is 0 Å². The van der Waals surface area contributed by atoms with E-state index in [1.165, 1.54) is 25.0 Å². The Balaban J connectivity index is 0. The zero-order chi connectivity index (χ0) is 5.54. The molecule has 0 aliphatic heterocycles. The predicted octanol–water partition coefficient (Wildman–Crippen LogP) is 2.92. The Bertz CT molecular complexity index is 29.6. The van der Waals surface area contributed by atoms with E-state index < -0.39 is 0 Å². The molecule has 0 fully saturated rings. The lowest BCUT2D eigenvalue weighted by molar-refractivity contribution is 0.780. The Morgan fingerprint density at radius 1 is 1.38 bits per heavy atom. The van der Waals surface area contributed by atoms with E-state index in [-0.39, 0.29) is 6.15 Å². The Labute approximate surface area is 61.0 Å². The first-order valence-electron chi connectivity index (χ1n) is 2.68. The number of thiol groups is 1. The fourth-order valence-corrected chi connectivity index (χ4v) is 1.14. The summed E-state index contributed by atoms with van der Waals surface area (Å²) in [6, 6.07) is 0. The van der Waals surface area contributed by atoms with Crippen LogP contribution in [-0.4, -0.2) is 5.75 Å². The average molecular weight is 153 g/mol. The van der Waals surface area contributed by atoms with E-state index in [4.69, 9.17) is 0 Å². The summed E-state index contributed by atoms with van der Waals surface area (Å²) in [7, 11) is 1.64. The highest BCUT2D eigenvalue weighted by atomic mass is 33.1. The molecule has 0 amide bonds. The molecule has 0 aliphatic rings. The molecule has 8 heavy (non-hydrogen) atoms. The van der Waals surface area contributed by atoms with Crippen LogP contribution in [0.25, 0.3) is 0 Å². The SMILES string of the molecule is CCCCCSS.N. The highest BCUT2D eigenvalue weighted by Gasteiger charge is 1.80. The van der Waals surface area contributed by atoms with Gasteiger partial charge in [-0.15, -0.1) is 11.7 Å². The topological polar surface area (TPSA) is 35.0 Å². The highest BCUT2D eigenvalue weighted by molar-refractivity contribution is 8.68. The van der Waals surface area contributed by atoms with Gasteiger partial charge < -0.3 is 6.15 Å². The summed E-state index contributed by atoms with van der Waals surface area (Å²) in [5.74, 6) is 1.21. The first-order valence-corrected chi connectivity index (χ1v) is 4.72. The van der Waals surface area contributed by atoms with Crippen molar-refractivity contribution in [1.82, 2.24) is 6.15 Å². The standard InChI is InChI=1S/C5H12S2.H3N/c1-2-3-4-5-7-6;/h6H,2-5H2,1H3;1H3. The molecule has 3 heteroatoms. The fraction of sp³-hybridized carbons (Fsp3) is 1.00. The Kier molecular flexibility index (Phi) is 15.2. The van der Waals surface area contributed by atoms with Crippen LogP contribution in [0.3, 0.4) is 0 Å². The molecule has 0 aromatic rings. The summed E-state index contributed by atoms with van der Waals surface area (Å²) >= 11 is 4.01. The van der Waals surface area contributed by atoms with E-state index >= 15 is 0 Å². The van der Waals surface area contributed by atoms with Crippen LogP contribution in [0.2, 0.25) is 0 Å². The van der Waals surface area contributed by atoms with Crippen LogP contribution in [0, 0.1) is 0 Å². The third-order valence-corrected chi connectivity index (χ3v) is 1.86. The highest BCUT2D eigenvalue weighted by Crippen LogP contribution is 2.08. The van der Waals surface area contributed by atoms with Gasteiger partial charge in [0.15, 0.2) is 0 Å². The van der Waals surface area contributed by atoms with Crippen LogP contribution in [-0.2, 0) is 0 Å². The monoisotopic (exact) mass is 153 g/mol. The van der Waals surface area contributed by atoms with E-state index in [0.29, 0.717) is 0 Å². The van der Waals surface area contributed by atoms with Gasteiger partial charge in [0.05, 0.1) is 0 Å². The van der Waals surface area contributed by atoms with Crippen LogP contribution in [0.15, 0.2) is 0 Å². The van der Waals surface area contributed by atoms with Gasteiger partial charge in [0.1, 0.15) is 0 Å². The van der Waals surface area contributed by atoms with Crippen LogP contribution >= 0.6 is 22.5 Å².